The number of carbonyl (C=O) groups is 2. The Morgan fingerprint density at radius 2 is 1.78 bits per heavy atom. The molecule has 4 saturated heterocycles. The summed E-state index contributed by atoms with van der Waals surface area (Å²) in [6.07, 6.45) is 0.727. The van der Waals surface area contributed by atoms with Gasteiger partial charge in [0.1, 0.15) is 5.54 Å². The summed E-state index contributed by atoms with van der Waals surface area (Å²) in [5.74, 6) is 0.505. The van der Waals surface area contributed by atoms with E-state index in [2.05, 4.69) is 51.1 Å². The molecule has 4 fully saturated rings. The Morgan fingerprint density at radius 1 is 1.00 bits per heavy atom. The molecule has 4 aliphatic heterocycles. The number of likely N-dealkylation sites (tertiary alicyclic amines) is 1. The second-order valence-electron chi connectivity index (χ2n) is 13.0. The van der Waals surface area contributed by atoms with E-state index in [9.17, 15) is 14.7 Å². The number of aromatic hydroxyl groups is 1. The molecule has 0 aromatic heterocycles. The van der Waals surface area contributed by atoms with Gasteiger partial charge in [-0.2, -0.15) is 0 Å². The monoisotopic (exact) mass is 613 g/mol. The molecule has 3 atom stereocenters. The fraction of sp³-hybridized carbons (Fsp3) is 0.486. The van der Waals surface area contributed by atoms with Crippen LogP contribution in [0.15, 0.2) is 54.6 Å². The first-order valence-electron chi connectivity index (χ1n) is 16.1. The van der Waals surface area contributed by atoms with E-state index in [0.29, 0.717) is 58.3 Å². The number of anilines is 1. The molecule has 10 heteroatoms. The summed E-state index contributed by atoms with van der Waals surface area (Å²) in [5, 5.41) is 12.8. The maximum absolute atomic E-state index is 14.6. The van der Waals surface area contributed by atoms with Crippen LogP contribution in [0.4, 0.5) is 10.5 Å². The first-order chi connectivity index (χ1) is 21.8. The van der Waals surface area contributed by atoms with Gasteiger partial charge in [-0.1, -0.05) is 36.4 Å². The third-order valence-corrected chi connectivity index (χ3v) is 10.2. The van der Waals surface area contributed by atoms with Crippen molar-refractivity contribution in [1.82, 2.24) is 19.6 Å². The van der Waals surface area contributed by atoms with Gasteiger partial charge in [-0.3, -0.25) is 19.5 Å². The highest BCUT2D eigenvalue weighted by Gasteiger charge is 2.70. The number of hydrogen-bond donors (Lipinski definition) is 1. The Balaban J connectivity index is 1.22. The summed E-state index contributed by atoms with van der Waals surface area (Å²) in [7, 11) is 4.09. The lowest BCUT2D eigenvalue weighted by Crippen LogP contribution is -2.51. The topological polar surface area (TPSA) is 89.0 Å². The molecule has 4 heterocycles. The number of carbonyl (C=O) groups excluding carboxylic acids is 2. The van der Waals surface area contributed by atoms with Crippen LogP contribution in [0.25, 0.3) is 10.8 Å². The molecule has 0 bridgehead atoms. The minimum absolute atomic E-state index is 0.00378. The number of urea groups is 1. The minimum atomic E-state index is -0.915. The molecule has 7 rings (SSSR count). The minimum Gasteiger partial charge on any atom is -0.504 e. The van der Waals surface area contributed by atoms with E-state index in [1.807, 2.05) is 32.0 Å². The number of phenolic OH excluding ortho intramolecular Hbond substituents is 1. The van der Waals surface area contributed by atoms with Crippen molar-refractivity contribution >= 4 is 28.4 Å². The van der Waals surface area contributed by atoms with Gasteiger partial charge < -0.3 is 24.4 Å². The second kappa shape index (κ2) is 11.8. The molecule has 45 heavy (non-hydrogen) atoms. The third-order valence-electron chi connectivity index (χ3n) is 10.2. The molecule has 3 amide bonds. The number of rotatable bonds is 9. The van der Waals surface area contributed by atoms with E-state index in [1.165, 1.54) is 4.90 Å². The second-order valence-corrected chi connectivity index (χ2v) is 13.0. The number of amides is 3. The fourth-order valence-corrected chi connectivity index (χ4v) is 8.13. The molecule has 0 aliphatic carbocycles. The molecule has 1 spiro atoms. The van der Waals surface area contributed by atoms with Gasteiger partial charge in [0.2, 0.25) is 0 Å². The third kappa shape index (κ3) is 4.99. The van der Waals surface area contributed by atoms with Crippen molar-refractivity contribution in [2.45, 2.75) is 31.5 Å². The number of phenols is 1. The zero-order valence-corrected chi connectivity index (χ0v) is 26.4. The average Bonchev–Trinajstić information content (AvgIpc) is 3.61. The molecule has 238 valence electrons. The zero-order chi connectivity index (χ0) is 31.3. The number of hydrogen-bond acceptors (Lipinski definition) is 8. The molecule has 3 aromatic rings. The van der Waals surface area contributed by atoms with Crippen LogP contribution < -0.4 is 9.64 Å². The molecule has 1 unspecified atom stereocenters. The average molecular weight is 614 g/mol. The molecule has 3 aromatic carbocycles. The maximum Gasteiger partial charge on any atom is 0.328 e. The standard InChI is InChI=1S/C35H43N5O5/c1-4-45-32-12-9-24(19-31(32)41)21-38-22-25-20-30(28-10-11-29(36(2)3)27-8-6-5-7-26(27)28)40-34(43)39(33(42)35(25,40)23-38)14-13-37-15-17-44-18-16-37/h5-12,19,25,30,41H,4,13-18,20-23H2,1-3H3/t25-,30?,35-/m1/s1. The molecule has 0 saturated carbocycles. The Hall–Kier alpha value is -3.86. The molecule has 10 nitrogen and oxygen atoms in total. The van der Waals surface area contributed by atoms with Crippen molar-refractivity contribution in [1.29, 1.82) is 0 Å². The Kier molecular flexibility index (Phi) is 7.83. The van der Waals surface area contributed by atoms with E-state index in [-0.39, 0.29) is 29.6 Å². The van der Waals surface area contributed by atoms with Crippen molar-refractivity contribution in [3.63, 3.8) is 0 Å². The van der Waals surface area contributed by atoms with Crippen LogP contribution in [-0.4, -0.2) is 115 Å². The van der Waals surface area contributed by atoms with E-state index in [0.717, 1.165) is 47.1 Å². The number of morpholine rings is 1. The zero-order valence-electron chi connectivity index (χ0n) is 26.4. The fourth-order valence-electron chi connectivity index (χ4n) is 8.13. The summed E-state index contributed by atoms with van der Waals surface area (Å²) >= 11 is 0. The largest absolute Gasteiger partial charge is 0.504 e. The number of imide groups is 1. The number of benzene rings is 3. The number of fused-ring (bicyclic) bond motifs is 1. The van der Waals surface area contributed by atoms with Gasteiger partial charge in [-0.25, -0.2) is 4.79 Å². The number of ether oxygens (including phenoxy) is 2. The smallest absolute Gasteiger partial charge is 0.328 e. The van der Waals surface area contributed by atoms with Gasteiger partial charge in [-0.05, 0) is 48.1 Å². The van der Waals surface area contributed by atoms with Gasteiger partial charge in [-0.15, -0.1) is 0 Å². The summed E-state index contributed by atoms with van der Waals surface area (Å²) in [4.78, 5) is 39.1. The van der Waals surface area contributed by atoms with Gasteiger partial charge in [0, 0.05) is 76.9 Å². The predicted octanol–water partition coefficient (Wildman–Crippen LogP) is 3.92. The van der Waals surface area contributed by atoms with Crippen LogP contribution in [0.2, 0.25) is 0 Å². The quantitative estimate of drug-likeness (QED) is 0.364. The van der Waals surface area contributed by atoms with Crippen molar-refractivity contribution in [3.05, 3.63) is 65.7 Å². The maximum atomic E-state index is 14.6. The first-order valence-corrected chi connectivity index (χ1v) is 16.1. The lowest BCUT2D eigenvalue weighted by Gasteiger charge is -2.32. The van der Waals surface area contributed by atoms with E-state index in [1.54, 1.807) is 12.1 Å². The summed E-state index contributed by atoms with van der Waals surface area (Å²) in [5.41, 5.74) is 2.26. The molecular formula is C35H43N5O5. The molecule has 1 N–H and O–H groups in total. The van der Waals surface area contributed by atoms with Gasteiger partial charge >= 0.3 is 6.03 Å². The normalized spacial score (nSPS) is 25.3. The van der Waals surface area contributed by atoms with Gasteiger partial charge in [0.25, 0.3) is 5.91 Å². The van der Waals surface area contributed by atoms with Crippen molar-refractivity contribution < 1.29 is 24.2 Å². The number of nitrogens with zero attached hydrogens (tertiary/aromatic N) is 5. The van der Waals surface area contributed by atoms with Gasteiger partial charge in [0.05, 0.1) is 25.9 Å². The van der Waals surface area contributed by atoms with E-state index in [4.69, 9.17) is 9.47 Å². The van der Waals surface area contributed by atoms with Crippen molar-refractivity contribution in [2.24, 2.45) is 5.92 Å². The SMILES string of the molecule is CCOc1ccc(CN2C[C@H]3CC(c4ccc(N(C)C)c5ccccc45)N4C(=O)N(CCN5CCOCC5)C(=O)[C@@]34C2)cc1O. The highest BCUT2D eigenvalue weighted by Crippen LogP contribution is 2.56. The molecule has 0 radical (unpaired) electrons. The van der Waals surface area contributed by atoms with Crippen LogP contribution in [0, 0.1) is 5.92 Å². The van der Waals surface area contributed by atoms with Crippen molar-refractivity contribution in [2.75, 3.05) is 78.1 Å². The van der Waals surface area contributed by atoms with Crippen LogP contribution in [-0.2, 0) is 16.1 Å². The van der Waals surface area contributed by atoms with Gasteiger partial charge in [0.15, 0.2) is 11.5 Å². The Morgan fingerprint density at radius 3 is 2.51 bits per heavy atom. The van der Waals surface area contributed by atoms with Crippen LogP contribution in [0.5, 0.6) is 11.5 Å². The van der Waals surface area contributed by atoms with E-state index >= 15 is 0 Å². The summed E-state index contributed by atoms with van der Waals surface area (Å²) in [6.45, 7) is 8.10. The lowest BCUT2D eigenvalue weighted by molar-refractivity contribution is -0.133. The van der Waals surface area contributed by atoms with Crippen LogP contribution >= 0.6 is 0 Å². The highest BCUT2D eigenvalue weighted by atomic mass is 16.5. The van der Waals surface area contributed by atoms with Crippen LogP contribution in [0.1, 0.15) is 30.5 Å². The molecular weight excluding hydrogens is 570 g/mol. The highest BCUT2D eigenvalue weighted by molar-refractivity contribution is 6.09. The van der Waals surface area contributed by atoms with Crippen molar-refractivity contribution in [3.8, 4) is 11.5 Å². The summed E-state index contributed by atoms with van der Waals surface area (Å²) in [6, 6.07) is 17.8. The van der Waals surface area contributed by atoms with E-state index < -0.39 is 5.54 Å². The lowest BCUT2D eigenvalue weighted by atomic mass is 9.87. The Bertz CT molecular complexity index is 1610. The predicted molar refractivity (Wildman–Crippen MR) is 173 cm³/mol. The Labute approximate surface area is 264 Å². The first kappa shape index (κ1) is 29.8. The summed E-state index contributed by atoms with van der Waals surface area (Å²) < 4.78 is 11.0. The molecule has 4 aliphatic rings. The van der Waals surface area contributed by atoms with Crippen LogP contribution in [0.3, 0.4) is 0 Å².